The van der Waals surface area contributed by atoms with Crippen molar-refractivity contribution >= 4 is 11.7 Å². The first-order valence-electron chi connectivity index (χ1n) is 10.4. The van der Waals surface area contributed by atoms with E-state index in [1.807, 2.05) is 37.3 Å². The fourth-order valence-electron chi connectivity index (χ4n) is 3.67. The van der Waals surface area contributed by atoms with Gasteiger partial charge in [0.2, 0.25) is 0 Å². The standard InChI is InChI=1S/C24H27NO6/c1-3-8-21-23(31-24(26)18-11-13-19(14-12-18)25(27)28)15-22(30-21)20(4-2)29-16-17-9-6-5-7-10-17/h3,5-7,9-14,20-23H,1,4,8,15-16H2,2H3/t20-,21-,22-,23+/m1/s1. The molecule has 0 amide bonds. The number of nitro benzene ring substituents is 1. The number of nitrogens with zero attached hydrogens (tertiary/aromatic N) is 1. The highest BCUT2D eigenvalue weighted by Crippen LogP contribution is 2.31. The van der Waals surface area contributed by atoms with Crippen molar-refractivity contribution in [1.29, 1.82) is 0 Å². The van der Waals surface area contributed by atoms with Gasteiger partial charge in [-0.1, -0.05) is 43.3 Å². The van der Waals surface area contributed by atoms with Crippen LogP contribution in [-0.2, 0) is 20.8 Å². The van der Waals surface area contributed by atoms with Crippen LogP contribution in [0.25, 0.3) is 0 Å². The van der Waals surface area contributed by atoms with Gasteiger partial charge in [-0.15, -0.1) is 6.58 Å². The predicted molar refractivity (Wildman–Crippen MR) is 116 cm³/mol. The predicted octanol–water partition coefficient (Wildman–Crippen LogP) is 4.85. The lowest BCUT2D eigenvalue weighted by Crippen LogP contribution is -2.28. The number of hydrogen-bond donors (Lipinski definition) is 0. The van der Waals surface area contributed by atoms with Crippen molar-refractivity contribution in [2.24, 2.45) is 0 Å². The van der Waals surface area contributed by atoms with Crippen molar-refractivity contribution in [2.45, 2.75) is 57.2 Å². The van der Waals surface area contributed by atoms with E-state index in [1.165, 1.54) is 24.3 Å². The van der Waals surface area contributed by atoms with E-state index in [-0.39, 0.29) is 29.6 Å². The molecule has 0 spiro atoms. The lowest BCUT2D eigenvalue weighted by Gasteiger charge is -2.22. The van der Waals surface area contributed by atoms with Gasteiger partial charge in [0.25, 0.3) is 5.69 Å². The van der Waals surface area contributed by atoms with E-state index < -0.39 is 17.0 Å². The van der Waals surface area contributed by atoms with Crippen molar-refractivity contribution < 1.29 is 23.9 Å². The second-order valence-electron chi connectivity index (χ2n) is 7.46. The third-order valence-electron chi connectivity index (χ3n) is 5.32. The first-order valence-corrected chi connectivity index (χ1v) is 10.4. The number of benzene rings is 2. The second kappa shape index (κ2) is 10.8. The van der Waals surface area contributed by atoms with Crippen LogP contribution in [0.2, 0.25) is 0 Å². The van der Waals surface area contributed by atoms with Crippen molar-refractivity contribution in [3.8, 4) is 0 Å². The molecule has 0 bridgehead atoms. The van der Waals surface area contributed by atoms with E-state index in [0.717, 1.165) is 12.0 Å². The van der Waals surface area contributed by atoms with Crippen LogP contribution in [0, 0.1) is 10.1 Å². The van der Waals surface area contributed by atoms with E-state index in [9.17, 15) is 14.9 Å². The van der Waals surface area contributed by atoms with Gasteiger partial charge in [-0.3, -0.25) is 10.1 Å². The molecule has 31 heavy (non-hydrogen) atoms. The summed E-state index contributed by atoms with van der Waals surface area (Å²) in [6.45, 7) is 6.30. The van der Waals surface area contributed by atoms with Crippen molar-refractivity contribution in [2.75, 3.05) is 0 Å². The summed E-state index contributed by atoms with van der Waals surface area (Å²) in [5.74, 6) is -0.531. The normalized spacial score (nSPS) is 21.4. The molecule has 1 aliphatic heterocycles. The summed E-state index contributed by atoms with van der Waals surface area (Å²) in [6, 6.07) is 15.3. The molecule has 2 aromatic rings. The summed E-state index contributed by atoms with van der Waals surface area (Å²) >= 11 is 0. The topological polar surface area (TPSA) is 87.9 Å². The van der Waals surface area contributed by atoms with Crippen molar-refractivity contribution in [3.05, 3.63) is 88.5 Å². The van der Waals surface area contributed by atoms with Crippen LogP contribution >= 0.6 is 0 Å². The molecule has 0 unspecified atom stereocenters. The Bertz CT molecular complexity index is 883. The first kappa shape index (κ1) is 22.7. The zero-order chi connectivity index (χ0) is 22.2. The van der Waals surface area contributed by atoms with Crippen LogP contribution in [0.4, 0.5) is 5.69 Å². The van der Waals surface area contributed by atoms with E-state index in [1.54, 1.807) is 6.08 Å². The van der Waals surface area contributed by atoms with Gasteiger partial charge in [0, 0.05) is 18.6 Å². The van der Waals surface area contributed by atoms with Gasteiger partial charge in [0.1, 0.15) is 6.10 Å². The molecule has 4 atom stereocenters. The Morgan fingerprint density at radius 3 is 2.58 bits per heavy atom. The molecule has 1 heterocycles. The van der Waals surface area contributed by atoms with Crippen LogP contribution in [0.3, 0.4) is 0 Å². The third-order valence-corrected chi connectivity index (χ3v) is 5.32. The largest absolute Gasteiger partial charge is 0.456 e. The molecule has 7 nitrogen and oxygen atoms in total. The number of hydrogen-bond acceptors (Lipinski definition) is 6. The Balaban J connectivity index is 1.63. The molecule has 1 fully saturated rings. The molecule has 1 saturated heterocycles. The van der Waals surface area contributed by atoms with E-state index in [0.29, 0.717) is 19.4 Å². The Kier molecular flexibility index (Phi) is 7.92. The summed E-state index contributed by atoms with van der Waals surface area (Å²) in [5, 5.41) is 10.8. The van der Waals surface area contributed by atoms with Gasteiger partial charge in [-0.2, -0.15) is 0 Å². The fourth-order valence-corrected chi connectivity index (χ4v) is 3.67. The molecule has 0 N–H and O–H groups in total. The molecular formula is C24H27NO6. The van der Waals surface area contributed by atoms with E-state index in [2.05, 4.69) is 6.58 Å². The summed E-state index contributed by atoms with van der Waals surface area (Å²) in [7, 11) is 0. The maximum Gasteiger partial charge on any atom is 0.338 e. The minimum Gasteiger partial charge on any atom is -0.456 e. The number of non-ortho nitro benzene ring substituents is 1. The third kappa shape index (κ3) is 5.99. The van der Waals surface area contributed by atoms with Crippen LogP contribution in [-0.4, -0.2) is 35.3 Å². The summed E-state index contributed by atoms with van der Waals surface area (Å²) in [5.41, 5.74) is 1.27. The van der Waals surface area contributed by atoms with Gasteiger partial charge in [0.15, 0.2) is 0 Å². The van der Waals surface area contributed by atoms with Crippen LogP contribution < -0.4 is 0 Å². The van der Waals surface area contributed by atoms with Gasteiger partial charge in [-0.25, -0.2) is 4.79 Å². The molecule has 0 saturated carbocycles. The molecule has 0 radical (unpaired) electrons. The summed E-state index contributed by atoms with van der Waals surface area (Å²) in [6.07, 6.45) is 2.49. The fraction of sp³-hybridized carbons (Fsp3) is 0.375. The number of rotatable bonds is 10. The maximum atomic E-state index is 12.6. The Hall–Kier alpha value is -3.03. The SMILES string of the molecule is C=CC[C@H]1O[C@@H]([C@@H](CC)OCc2ccccc2)C[C@@H]1OC(=O)c1ccc([N+](=O)[O-])cc1. The van der Waals surface area contributed by atoms with Crippen molar-refractivity contribution in [3.63, 3.8) is 0 Å². The molecule has 2 aromatic carbocycles. The summed E-state index contributed by atoms with van der Waals surface area (Å²) in [4.78, 5) is 22.9. The molecule has 0 aromatic heterocycles. The first-order chi connectivity index (χ1) is 15.0. The van der Waals surface area contributed by atoms with Crippen LogP contribution in [0.5, 0.6) is 0 Å². The molecule has 0 aliphatic carbocycles. The number of nitro groups is 1. The van der Waals surface area contributed by atoms with Gasteiger partial charge < -0.3 is 14.2 Å². The number of esters is 1. The highest BCUT2D eigenvalue weighted by Gasteiger charge is 2.40. The lowest BCUT2D eigenvalue weighted by atomic mass is 10.0. The Morgan fingerprint density at radius 2 is 1.97 bits per heavy atom. The van der Waals surface area contributed by atoms with Gasteiger partial charge in [0.05, 0.1) is 35.4 Å². The quantitative estimate of drug-likeness (QED) is 0.234. The highest BCUT2D eigenvalue weighted by atomic mass is 16.6. The average molecular weight is 425 g/mol. The molecule has 1 aliphatic rings. The Morgan fingerprint density at radius 1 is 1.26 bits per heavy atom. The van der Waals surface area contributed by atoms with Gasteiger partial charge in [-0.05, 0) is 30.5 Å². The monoisotopic (exact) mass is 425 g/mol. The molecular weight excluding hydrogens is 398 g/mol. The lowest BCUT2D eigenvalue weighted by molar-refractivity contribution is -0.384. The van der Waals surface area contributed by atoms with Gasteiger partial charge >= 0.3 is 5.97 Å². The molecule has 164 valence electrons. The minimum atomic E-state index is -0.531. The highest BCUT2D eigenvalue weighted by molar-refractivity contribution is 5.89. The van der Waals surface area contributed by atoms with Crippen molar-refractivity contribution in [1.82, 2.24) is 0 Å². The van der Waals surface area contributed by atoms with Crippen LogP contribution in [0.1, 0.15) is 42.1 Å². The van der Waals surface area contributed by atoms with E-state index >= 15 is 0 Å². The minimum absolute atomic E-state index is 0.0771. The molecule has 7 heteroatoms. The second-order valence-corrected chi connectivity index (χ2v) is 7.46. The number of carbonyl (C=O) groups excluding carboxylic acids is 1. The Labute approximate surface area is 181 Å². The van der Waals surface area contributed by atoms with Crippen LogP contribution in [0.15, 0.2) is 67.3 Å². The zero-order valence-electron chi connectivity index (χ0n) is 17.5. The number of ether oxygens (including phenoxy) is 3. The van der Waals surface area contributed by atoms with E-state index in [4.69, 9.17) is 14.2 Å². The smallest absolute Gasteiger partial charge is 0.338 e. The summed E-state index contributed by atoms with van der Waals surface area (Å²) < 4.78 is 18.0. The number of carbonyl (C=O) groups is 1. The maximum absolute atomic E-state index is 12.6. The average Bonchev–Trinajstić information content (AvgIpc) is 3.17. The zero-order valence-corrected chi connectivity index (χ0v) is 17.5. The molecule has 3 rings (SSSR count).